The van der Waals surface area contributed by atoms with Gasteiger partial charge in [0.1, 0.15) is 12.5 Å². The van der Waals surface area contributed by atoms with E-state index in [1.54, 1.807) is 11.2 Å². The highest BCUT2D eigenvalue weighted by Gasteiger charge is 2.37. The third-order valence-electron chi connectivity index (χ3n) is 3.21. The van der Waals surface area contributed by atoms with E-state index >= 15 is 0 Å². The number of aromatic carboxylic acids is 1. The third kappa shape index (κ3) is 2.56. The molecule has 0 aliphatic carbocycles. The monoisotopic (exact) mass is 284 g/mol. The summed E-state index contributed by atoms with van der Waals surface area (Å²) < 4.78 is 0. The average molecular weight is 284 g/mol. The molecule has 1 aromatic heterocycles. The number of hydrogen-bond acceptors (Lipinski definition) is 3. The quantitative estimate of drug-likeness (QED) is 0.840. The molecule has 2 heterocycles. The van der Waals surface area contributed by atoms with Gasteiger partial charge in [0.05, 0.1) is 6.54 Å². The standard InChI is InChI=1S/C12H17N3O3S/c1-3-4-5-14-6-7-15(12(14)18)11-13-8-9(10(16)17)19(11)2/h8H,3-7H2,1-2H3/p+1. The van der Waals surface area contributed by atoms with Gasteiger partial charge in [0.15, 0.2) is 0 Å². The van der Waals surface area contributed by atoms with Crippen molar-refractivity contribution in [1.29, 1.82) is 0 Å². The second kappa shape index (κ2) is 5.56. The van der Waals surface area contributed by atoms with Gasteiger partial charge in [-0.15, -0.1) is 0 Å². The van der Waals surface area contributed by atoms with E-state index in [1.807, 2.05) is 4.90 Å². The van der Waals surface area contributed by atoms with Crippen molar-refractivity contribution in [2.24, 2.45) is 6.26 Å². The summed E-state index contributed by atoms with van der Waals surface area (Å²) in [4.78, 5) is 31.1. The lowest BCUT2D eigenvalue weighted by Gasteiger charge is -2.14. The fourth-order valence-electron chi connectivity index (χ4n) is 2.11. The first-order valence-electron chi connectivity index (χ1n) is 6.30. The van der Waals surface area contributed by atoms with Gasteiger partial charge in [-0.05, 0) is 6.42 Å². The summed E-state index contributed by atoms with van der Waals surface area (Å²) in [6.45, 7) is 4.14. The van der Waals surface area contributed by atoms with Crippen LogP contribution in [0, 0.1) is 0 Å². The van der Waals surface area contributed by atoms with Crippen LogP contribution < -0.4 is 4.90 Å². The Balaban J connectivity index is 2.15. The zero-order valence-corrected chi connectivity index (χ0v) is 11.9. The molecule has 19 heavy (non-hydrogen) atoms. The normalized spacial score (nSPS) is 16.3. The first-order chi connectivity index (χ1) is 9.06. The van der Waals surface area contributed by atoms with Crippen molar-refractivity contribution in [3.8, 4) is 0 Å². The Morgan fingerprint density at radius 2 is 2.26 bits per heavy atom. The number of aromatic nitrogens is 1. The molecule has 1 N–H and O–H groups in total. The van der Waals surface area contributed by atoms with E-state index in [0.717, 1.165) is 19.4 Å². The van der Waals surface area contributed by atoms with Crippen LogP contribution in [0.15, 0.2) is 6.20 Å². The van der Waals surface area contributed by atoms with E-state index in [9.17, 15) is 9.59 Å². The molecule has 0 radical (unpaired) electrons. The summed E-state index contributed by atoms with van der Waals surface area (Å²) in [7, 11) is -0.620. The topological polar surface area (TPSA) is 73.7 Å². The van der Waals surface area contributed by atoms with Crippen molar-refractivity contribution in [1.82, 2.24) is 9.88 Å². The molecule has 1 fully saturated rings. The zero-order valence-electron chi connectivity index (χ0n) is 11.1. The van der Waals surface area contributed by atoms with Gasteiger partial charge in [-0.25, -0.2) is 14.5 Å². The number of urea groups is 1. The van der Waals surface area contributed by atoms with E-state index in [1.165, 1.54) is 6.20 Å². The Bertz CT molecular complexity index is 500. The van der Waals surface area contributed by atoms with Crippen molar-refractivity contribution >= 4 is 27.6 Å². The molecule has 0 spiro atoms. The molecule has 0 aromatic carbocycles. The predicted molar refractivity (Wildman–Crippen MR) is 73.9 cm³/mol. The fraction of sp³-hybridized carbons (Fsp3) is 0.583. The maximum atomic E-state index is 12.2. The van der Waals surface area contributed by atoms with Crippen LogP contribution in [0.2, 0.25) is 0 Å². The number of unbranched alkanes of at least 4 members (excludes halogenated alkanes) is 1. The molecule has 1 aliphatic heterocycles. The summed E-state index contributed by atoms with van der Waals surface area (Å²) in [6, 6.07) is -0.0495. The Hall–Kier alpha value is -1.63. The summed E-state index contributed by atoms with van der Waals surface area (Å²) in [5.74, 6) is -0.959. The molecule has 1 aromatic rings. The molecule has 1 unspecified atom stereocenters. The van der Waals surface area contributed by atoms with Gasteiger partial charge in [-0.1, -0.05) is 13.3 Å². The van der Waals surface area contributed by atoms with E-state index < -0.39 is 16.4 Å². The highest BCUT2D eigenvalue weighted by Crippen LogP contribution is 2.34. The van der Waals surface area contributed by atoms with Crippen LogP contribution in [0.3, 0.4) is 0 Å². The van der Waals surface area contributed by atoms with E-state index in [2.05, 4.69) is 11.9 Å². The summed E-state index contributed by atoms with van der Waals surface area (Å²) in [5, 5.41) is 9.61. The predicted octanol–water partition coefficient (Wildman–Crippen LogP) is 2.11. The van der Waals surface area contributed by atoms with Crippen LogP contribution >= 0.6 is 10.5 Å². The number of carbonyl (C=O) groups excluding carboxylic acids is 1. The van der Waals surface area contributed by atoms with Gasteiger partial charge in [0, 0.05) is 23.6 Å². The largest absolute Gasteiger partial charge is 0.474 e. The van der Waals surface area contributed by atoms with Crippen molar-refractivity contribution in [3.63, 3.8) is 0 Å². The number of carbonyl (C=O) groups is 2. The van der Waals surface area contributed by atoms with Crippen LogP contribution in [-0.4, -0.2) is 46.6 Å². The molecule has 1 aliphatic rings. The molecule has 0 bridgehead atoms. The Labute approximate surface area is 114 Å². The lowest BCUT2D eigenvalue weighted by atomic mass is 10.3. The minimum atomic E-state index is -0.959. The van der Waals surface area contributed by atoms with Crippen molar-refractivity contribution in [3.05, 3.63) is 11.1 Å². The van der Waals surface area contributed by atoms with Crippen molar-refractivity contribution in [2.45, 2.75) is 19.8 Å². The smallest absolute Gasteiger partial charge is 0.390 e. The molecule has 7 heteroatoms. The van der Waals surface area contributed by atoms with Gasteiger partial charge >= 0.3 is 17.1 Å². The number of hydrogen-bond donors (Lipinski definition) is 1. The highest BCUT2D eigenvalue weighted by molar-refractivity contribution is 7.34. The number of nitrogens with zero attached hydrogens (tertiary/aromatic N) is 3. The number of rotatable bonds is 5. The van der Waals surface area contributed by atoms with Crippen molar-refractivity contribution in [2.75, 3.05) is 24.5 Å². The second-order valence-corrected chi connectivity index (χ2v) is 6.32. The molecular weight excluding hydrogens is 266 g/mol. The van der Waals surface area contributed by atoms with E-state index in [0.29, 0.717) is 18.2 Å². The molecule has 1 atom stereocenters. The SMILES string of the molecule is CCCCN1CCN(c2ncc(C(=O)O)[s+]2C)C1=O. The van der Waals surface area contributed by atoms with Crippen LogP contribution in [0.1, 0.15) is 29.4 Å². The molecule has 6 nitrogen and oxygen atoms in total. The molecule has 2 rings (SSSR count). The Morgan fingerprint density at radius 3 is 2.84 bits per heavy atom. The van der Waals surface area contributed by atoms with Crippen LogP contribution in [0.25, 0.3) is 0 Å². The first kappa shape index (κ1) is 13.8. The maximum absolute atomic E-state index is 12.2. The van der Waals surface area contributed by atoms with Crippen LogP contribution in [-0.2, 0) is 6.26 Å². The Kier molecular flexibility index (Phi) is 4.04. The number of carboxylic acid groups (broad SMARTS) is 1. The molecular formula is C12H18N3O3S+. The van der Waals surface area contributed by atoms with Crippen LogP contribution in [0.4, 0.5) is 9.93 Å². The lowest BCUT2D eigenvalue weighted by molar-refractivity contribution is 0.0701. The van der Waals surface area contributed by atoms with Gasteiger partial charge in [-0.2, -0.15) is 4.98 Å². The van der Waals surface area contributed by atoms with Crippen molar-refractivity contribution < 1.29 is 14.7 Å². The van der Waals surface area contributed by atoms with E-state index in [-0.39, 0.29) is 10.9 Å². The number of amides is 2. The van der Waals surface area contributed by atoms with Crippen LogP contribution in [0.5, 0.6) is 0 Å². The zero-order chi connectivity index (χ0) is 14.0. The lowest BCUT2D eigenvalue weighted by Crippen LogP contribution is -2.32. The molecule has 0 saturated carbocycles. The molecule has 2 amide bonds. The molecule has 104 valence electrons. The third-order valence-corrected chi connectivity index (χ3v) is 5.03. The number of carboxylic acids is 1. The minimum absolute atomic E-state index is 0.0495. The molecule has 1 saturated heterocycles. The van der Waals surface area contributed by atoms with E-state index in [4.69, 9.17) is 5.11 Å². The Morgan fingerprint density at radius 1 is 1.53 bits per heavy atom. The summed E-state index contributed by atoms with van der Waals surface area (Å²) >= 11 is 0. The number of thiazole rings is 1. The van der Waals surface area contributed by atoms with Gasteiger partial charge < -0.3 is 10.0 Å². The second-order valence-electron chi connectivity index (χ2n) is 4.50. The summed E-state index contributed by atoms with van der Waals surface area (Å²) in [6.07, 6.45) is 5.20. The summed E-state index contributed by atoms with van der Waals surface area (Å²) in [5.41, 5.74) is 0. The minimum Gasteiger partial charge on any atom is -0.474 e. The van der Waals surface area contributed by atoms with Gasteiger partial charge in [0.2, 0.25) is 0 Å². The first-order valence-corrected chi connectivity index (χ1v) is 7.93. The fourth-order valence-corrected chi connectivity index (χ4v) is 3.49. The maximum Gasteiger partial charge on any atom is 0.390 e. The van der Waals surface area contributed by atoms with Gasteiger partial charge in [0.25, 0.3) is 4.88 Å². The van der Waals surface area contributed by atoms with Gasteiger partial charge in [-0.3, -0.25) is 0 Å². The highest BCUT2D eigenvalue weighted by atomic mass is 32.2. The number of anilines is 1. The average Bonchev–Trinajstić information content (AvgIpc) is 2.90.